The predicted octanol–water partition coefficient (Wildman–Crippen LogP) is 6.15. The Balaban J connectivity index is 1.72. The number of hydrogen-bond acceptors (Lipinski definition) is 3. The van der Waals surface area contributed by atoms with Gasteiger partial charge in [0.1, 0.15) is 5.69 Å². The summed E-state index contributed by atoms with van der Waals surface area (Å²) < 4.78 is 4.14. The fourth-order valence-corrected chi connectivity index (χ4v) is 3.72. The van der Waals surface area contributed by atoms with Crippen molar-refractivity contribution in [2.24, 2.45) is 24.3 Å². The van der Waals surface area contributed by atoms with E-state index in [0.717, 1.165) is 38.9 Å². The lowest BCUT2D eigenvalue weighted by molar-refractivity contribution is 0.920. The standard InChI is InChI=1S/C23H19N5/c1-27-19-14-8-6-12-17(19)21(22(27)16-10-4-3-5-11-16)25-26-23-24-18-13-7-9-15-20(18)28(23)2/h3-15H,1-2H3. The van der Waals surface area contributed by atoms with Gasteiger partial charge in [0.15, 0.2) is 0 Å². The third-order valence-corrected chi connectivity index (χ3v) is 5.13. The maximum Gasteiger partial charge on any atom is 0.250 e. The second-order valence-corrected chi connectivity index (χ2v) is 6.80. The van der Waals surface area contributed by atoms with Crippen molar-refractivity contribution in [2.75, 3.05) is 0 Å². The number of imidazole rings is 1. The zero-order chi connectivity index (χ0) is 19.1. The monoisotopic (exact) mass is 365 g/mol. The number of azo groups is 1. The van der Waals surface area contributed by atoms with Gasteiger partial charge in [-0.15, -0.1) is 10.2 Å². The van der Waals surface area contributed by atoms with E-state index in [-0.39, 0.29) is 0 Å². The molecule has 0 spiro atoms. The van der Waals surface area contributed by atoms with Crippen LogP contribution in [0.15, 0.2) is 89.1 Å². The van der Waals surface area contributed by atoms with Gasteiger partial charge in [-0.3, -0.25) is 0 Å². The van der Waals surface area contributed by atoms with Gasteiger partial charge in [0, 0.05) is 25.0 Å². The molecule has 0 saturated heterocycles. The van der Waals surface area contributed by atoms with Gasteiger partial charge < -0.3 is 9.13 Å². The first-order valence-electron chi connectivity index (χ1n) is 9.20. The minimum absolute atomic E-state index is 0.591. The number of aromatic nitrogens is 3. The summed E-state index contributed by atoms with van der Waals surface area (Å²) >= 11 is 0. The Kier molecular flexibility index (Phi) is 3.79. The fraction of sp³-hybridized carbons (Fsp3) is 0.0870. The Labute approximate surface area is 162 Å². The van der Waals surface area contributed by atoms with E-state index < -0.39 is 0 Å². The smallest absolute Gasteiger partial charge is 0.250 e. The molecule has 2 aromatic heterocycles. The summed E-state index contributed by atoms with van der Waals surface area (Å²) in [4.78, 5) is 4.61. The first-order chi connectivity index (χ1) is 13.7. The molecule has 5 rings (SSSR count). The predicted molar refractivity (Wildman–Crippen MR) is 113 cm³/mol. The summed E-state index contributed by atoms with van der Waals surface area (Å²) in [7, 11) is 4.03. The molecule has 5 aromatic rings. The van der Waals surface area contributed by atoms with E-state index in [1.165, 1.54) is 0 Å². The van der Waals surface area contributed by atoms with E-state index in [4.69, 9.17) is 0 Å². The number of aryl methyl sites for hydroxylation is 2. The molecule has 0 saturated carbocycles. The maximum absolute atomic E-state index is 4.68. The zero-order valence-corrected chi connectivity index (χ0v) is 15.7. The second-order valence-electron chi connectivity index (χ2n) is 6.80. The van der Waals surface area contributed by atoms with Crippen molar-refractivity contribution < 1.29 is 0 Å². The Morgan fingerprint density at radius 2 is 1.36 bits per heavy atom. The highest BCUT2D eigenvalue weighted by atomic mass is 15.3. The Morgan fingerprint density at radius 3 is 2.14 bits per heavy atom. The summed E-state index contributed by atoms with van der Waals surface area (Å²) in [5.41, 5.74) is 6.10. The molecule has 0 aliphatic heterocycles. The molecule has 28 heavy (non-hydrogen) atoms. The van der Waals surface area contributed by atoms with E-state index in [1.54, 1.807) is 0 Å². The average Bonchev–Trinajstić information content (AvgIpc) is 3.22. The fourth-order valence-electron chi connectivity index (χ4n) is 3.72. The van der Waals surface area contributed by atoms with Crippen molar-refractivity contribution in [1.29, 1.82) is 0 Å². The highest BCUT2D eigenvalue weighted by molar-refractivity contribution is 6.00. The van der Waals surface area contributed by atoms with Gasteiger partial charge in [-0.05, 0) is 18.2 Å². The van der Waals surface area contributed by atoms with E-state index in [1.807, 2.05) is 66.2 Å². The van der Waals surface area contributed by atoms with E-state index >= 15 is 0 Å². The zero-order valence-electron chi connectivity index (χ0n) is 15.7. The lowest BCUT2D eigenvalue weighted by Crippen LogP contribution is -1.91. The number of hydrogen-bond donors (Lipinski definition) is 0. The van der Waals surface area contributed by atoms with Gasteiger partial charge in [-0.25, -0.2) is 4.98 Å². The molecule has 5 nitrogen and oxygen atoms in total. The molecule has 0 unspecified atom stereocenters. The topological polar surface area (TPSA) is 47.5 Å². The van der Waals surface area contributed by atoms with Crippen molar-refractivity contribution in [2.45, 2.75) is 0 Å². The molecule has 0 N–H and O–H groups in total. The molecule has 0 radical (unpaired) electrons. The molecule has 0 atom stereocenters. The van der Waals surface area contributed by atoms with Crippen LogP contribution >= 0.6 is 0 Å². The largest absolute Gasteiger partial charge is 0.342 e. The van der Waals surface area contributed by atoms with Gasteiger partial charge in [-0.2, -0.15) is 0 Å². The van der Waals surface area contributed by atoms with Crippen LogP contribution in [0.25, 0.3) is 33.2 Å². The Bertz CT molecular complexity index is 1330. The van der Waals surface area contributed by atoms with Crippen LogP contribution in [0.5, 0.6) is 0 Å². The third-order valence-electron chi connectivity index (χ3n) is 5.13. The molecule has 3 aromatic carbocycles. The summed E-state index contributed by atoms with van der Waals surface area (Å²) in [5, 5.41) is 10.3. The number of benzene rings is 3. The van der Waals surface area contributed by atoms with Gasteiger partial charge in [-0.1, -0.05) is 60.7 Å². The van der Waals surface area contributed by atoms with Crippen molar-refractivity contribution in [3.8, 4) is 11.3 Å². The SMILES string of the molecule is Cn1c(N=Nc2c(-c3ccccc3)n(C)c3ccccc23)nc2ccccc21. The molecule has 0 fully saturated rings. The van der Waals surface area contributed by atoms with Crippen LogP contribution in [0.2, 0.25) is 0 Å². The third kappa shape index (κ3) is 2.52. The molecule has 0 aliphatic carbocycles. The number of fused-ring (bicyclic) bond motifs is 2. The Morgan fingerprint density at radius 1 is 0.679 bits per heavy atom. The van der Waals surface area contributed by atoms with Gasteiger partial charge in [0.25, 0.3) is 0 Å². The van der Waals surface area contributed by atoms with Crippen LogP contribution in [0.4, 0.5) is 11.6 Å². The molecular weight excluding hydrogens is 346 g/mol. The number of para-hydroxylation sites is 3. The first-order valence-corrected chi connectivity index (χ1v) is 9.20. The van der Waals surface area contributed by atoms with Gasteiger partial charge in [0.2, 0.25) is 5.95 Å². The second kappa shape index (κ2) is 6.46. The minimum Gasteiger partial charge on any atom is -0.342 e. The summed E-state index contributed by atoms with van der Waals surface area (Å²) in [6.45, 7) is 0. The van der Waals surface area contributed by atoms with Crippen molar-refractivity contribution in [1.82, 2.24) is 14.1 Å². The van der Waals surface area contributed by atoms with Crippen LogP contribution in [0.3, 0.4) is 0 Å². The van der Waals surface area contributed by atoms with E-state index in [0.29, 0.717) is 5.95 Å². The lowest BCUT2D eigenvalue weighted by atomic mass is 10.1. The molecule has 5 heteroatoms. The highest BCUT2D eigenvalue weighted by Gasteiger charge is 2.16. The van der Waals surface area contributed by atoms with Crippen LogP contribution in [-0.4, -0.2) is 14.1 Å². The molecule has 0 amide bonds. The minimum atomic E-state index is 0.591. The normalized spacial score (nSPS) is 11.8. The highest BCUT2D eigenvalue weighted by Crippen LogP contribution is 2.40. The molecular formula is C23H19N5. The summed E-state index contributed by atoms with van der Waals surface area (Å²) in [6.07, 6.45) is 0. The summed E-state index contributed by atoms with van der Waals surface area (Å²) in [6, 6.07) is 26.6. The molecule has 2 heterocycles. The Hall–Kier alpha value is -3.73. The van der Waals surface area contributed by atoms with E-state index in [2.05, 4.69) is 51.1 Å². The lowest BCUT2D eigenvalue weighted by Gasteiger charge is -2.05. The quantitative estimate of drug-likeness (QED) is 0.354. The molecule has 136 valence electrons. The van der Waals surface area contributed by atoms with Gasteiger partial charge in [0.05, 0.1) is 22.2 Å². The van der Waals surface area contributed by atoms with Crippen molar-refractivity contribution in [3.63, 3.8) is 0 Å². The van der Waals surface area contributed by atoms with E-state index in [9.17, 15) is 0 Å². The van der Waals surface area contributed by atoms with Gasteiger partial charge >= 0.3 is 0 Å². The molecule has 0 bridgehead atoms. The van der Waals surface area contributed by atoms with Crippen LogP contribution < -0.4 is 0 Å². The summed E-state index contributed by atoms with van der Waals surface area (Å²) in [5.74, 6) is 0.591. The number of rotatable bonds is 3. The van der Waals surface area contributed by atoms with Crippen LogP contribution in [0.1, 0.15) is 0 Å². The van der Waals surface area contributed by atoms with Crippen molar-refractivity contribution >= 4 is 33.6 Å². The maximum atomic E-state index is 4.68. The molecule has 0 aliphatic rings. The number of nitrogens with zero attached hydrogens (tertiary/aromatic N) is 5. The average molecular weight is 365 g/mol. The van der Waals surface area contributed by atoms with Crippen LogP contribution in [-0.2, 0) is 14.1 Å². The van der Waals surface area contributed by atoms with Crippen molar-refractivity contribution in [3.05, 3.63) is 78.9 Å². The van der Waals surface area contributed by atoms with Crippen LogP contribution in [0, 0.1) is 0 Å². The first kappa shape index (κ1) is 16.4.